The van der Waals surface area contributed by atoms with Gasteiger partial charge >= 0.3 is 35.2 Å². The van der Waals surface area contributed by atoms with E-state index in [1.165, 1.54) is 12.3 Å². The van der Waals surface area contributed by atoms with Crippen LogP contribution >= 0.6 is 0 Å². The van der Waals surface area contributed by atoms with Gasteiger partial charge in [-0.3, -0.25) is 4.57 Å². The zero-order chi connectivity index (χ0) is 12.6. The molecule has 1 aromatic rings. The van der Waals surface area contributed by atoms with E-state index in [1.807, 2.05) is 0 Å². The van der Waals surface area contributed by atoms with E-state index in [1.54, 1.807) is 0 Å². The predicted octanol–water partition coefficient (Wildman–Crippen LogP) is -3.21. The van der Waals surface area contributed by atoms with Crippen molar-refractivity contribution in [1.29, 1.82) is 0 Å². The molecule has 2 rings (SSSR count). The number of hydrogen-bond donors (Lipinski definition) is 4. The summed E-state index contributed by atoms with van der Waals surface area (Å²) in [5.74, 6) is 0.0537. The maximum absolute atomic E-state index is 11.5. The van der Waals surface area contributed by atoms with Crippen LogP contribution in [0.1, 0.15) is 6.23 Å². The predicted molar refractivity (Wildman–Crippen MR) is 63.1 cm³/mol. The summed E-state index contributed by atoms with van der Waals surface area (Å²) in [6.07, 6.45) is -3.27. The fourth-order valence-corrected chi connectivity index (χ4v) is 1.73. The van der Waals surface area contributed by atoms with Gasteiger partial charge in [-0.2, -0.15) is 4.98 Å². The molecule has 0 radical (unpaired) electrons. The molecule has 0 bridgehead atoms. The van der Waals surface area contributed by atoms with Crippen molar-refractivity contribution in [3.63, 3.8) is 0 Å². The Kier molecular flexibility index (Phi) is 5.29. The molecule has 0 spiro atoms. The van der Waals surface area contributed by atoms with Crippen molar-refractivity contribution in [1.82, 2.24) is 9.55 Å². The molecule has 0 aliphatic carbocycles. The Morgan fingerprint density at radius 2 is 2.11 bits per heavy atom. The fourth-order valence-electron chi connectivity index (χ4n) is 1.73. The van der Waals surface area contributed by atoms with E-state index < -0.39 is 36.8 Å². The van der Waals surface area contributed by atoms with Gasteiger partial charge in [-0.15, -0.1) is 0 Å². The van der Waals surface area contributed by atoms with E-state index in [-0.39, 0.29) is 35.4 Å². The normalized spacial score (nSPS) is 31.1. The van der Waals surface area contributed by atoms with E-state index >= 15 is 0 Å². The molecule has 1 aliphatic heterocycles. The van der Waals surface area contributed by atoms with E-state index in [0.29, 0.717) is 0 Å². The number of nitrogens with zero attached hydrogens (tertiary/aromatic N) is 2. The zero-order valence-electron chi connectivity index (χ0n) is 8.80. The second-order valence-corrected chi connectivity index (χ2v) is 3.77. The summed E-state index contributed by atoms with van der Waals surface area (Å²) >= 11 is 0. The molecule has 96 valence electrons. The number of hydrogen-bond acceptors (Lipinski definition) is 7. The molecule has 4 atom stereocenters. The van der Waals surface area contributed by atoms with Gasteiger partial charge in [0.2, 0.25) is 0 Å². The molecule has 8 nitrogen and oxygen atoms in total. The zero-order valence-corrected chi connectivity index (χ0v) is 8.80. The Bertz CT molecular complexity index is 468. The molecule has 1 saturated heterocycles. The van der Waals surface area contributed by atoms with E-state index in [4.69, 9.17) is 15.6 Å². The Hall–Kier alpha value is -0.480. The van der Waals surface area contributed by atoms with Crippen LogP contribution in [0.3, 0.4) is 0 Å². The first-order valence-electron chi connectivity index (χ1n) is 5.01. The summed E-state index contributed by atoms with van der Waals surface area (Å²) in [6.45, 7) is -0.453. The van der Waals surface area contributed by atoms with Crippen molar-refractivity contribution < 1.29 is 20.1 Å². The van der Waals surface area contributed by atoms with Crippen LogP contribution in [0.2, 0.25) is 0 Å². The number of nitrogen functional groups attached to an aromatic ring is 1. The van der Waals surface area contributed by atoms with Gasteiger partial charge in [0.15, 0.2) is 6.23 Å². The standard InChI is InChI=1S/C9H13N3O5.Na.H/c10-5-1-2-12(9(16)11-5)8-7(15)6(14)4(3-13)17-8;;/h1-2,4,6-8,13-15H,3H2,(H2,10,11,16);;/t4-,6-,7-,8-;;/m1../s1. The summed E-state index contributed by atoms with van der Waals surface area (Å²) in [4.78, 5) is 15.0. The summed E-state index contributed by atoms with van der Waals surface area (Å²) in [7, 11) is 0. The minimum absolute atomic E-state index is 0. The van der Waals surface area contributed by atoms with Gasteiger partial charge in [0.1, 0.15) is 24.1 Å². The van der Waals surface area contributed by atoms with Gasteiger partial charge < -0.3 is 25.8 Å². The number of nitrogens with two attached hydrogens (primary N) is 1. The average Bonchev–Trinajstić information content (AvgIpc) is 2.57. The first-order chi connectivity index (χ1) is 8.04. The monoisotopic (exact) mass is 267 g/mol. The molecule has 0 unspecified atom stereocenters. The van der Waals surface area contributed by atoms with Gasteiger partial charge in [-0.05, 0) is 6.07 Å². The van der Waals surface area contributed by atoms with Gasteiger partial charge in [0, 0.05) is 6.20 Å². The maximum atomic E-state index is 11.5. The molecule has 0 aromatic carbocycles. The Morgan fingerprint density at radius 1 is 1.44 bits per heavy atom. The quantitative estimate of drug-likeness (QED) is 0.415. The molecule has 1 aromatic heterocycles. The third-order valence-electron chi connectivity index (χ3n) is 2.64. The number of ether oxygens (including phenoxy) is 1. The summed E-state index contributed by atoms with van der Waals surface area (Å²) in [5, 5.41) is 28.2. The SMILES string of the molecule is Nc1ccn([C@@H]2O[C@H](CO)[C@@H](O)[C@H]2O)c(=O)n1.[NaH]. The van der Waals surface area contributed by atoms with Crippen molar-refractivity contribution in [2.75, 3.05) is 12.3 Å². The Morgan fingerprint density at radius 3 is 2.61 bits per heavy atom. The second-order valence-electron chi connectivity index (χ2n) is 3.77. The van der Waals surface area contributed by atoms with Crippen molar-refractivity contribution in [3.8, 4) is 0 Å². The number of rotatable bonds is 2. The average molecular weight is 267 g/mol. The topological polar surface area (TPSA) is 131 Å². The van der Waals surface area contributed by atoms with E-state index in [9.17, 15) is 15.0 Å². The molecule has 5 N–H and O–H groups in total. The molecule has 1 fully saturated rings. The van der Waals surface area contributed by atoms with Crippen molar-refractivity contribution in [2.45, 2.75) is 24.5 Å². The molecule has 1 aliphatic rings. The second kappa shape index (κ2) is 6.11. The van der Waals surface area contributed by atoms with Crippen LogP contribution in [-0.4, -0.2) is 79.3 Å². The molecular weight excluding hydrogens is 253 g/mol. The van der Waals surface area contributed by atoms with Crippen LogP contribution in [0.4, 0.5) is 5.82 Å². The third kappa shape index (κ3) is 2.75. The van der Waals surface area contributed by atoms with Gasteiger partial charge in [-0.1, -0.05) is 0 Å². The Balaban J connectivity index is 0.00000162. The van der Waals surface area contributed by atoms with Crippen LogP contribution in [0.5, 0.6) is 0 Å². The van der Waals surface area contributed by atoms with Gasteiger partial charge in [-0.25, -0.2) is 4.79 Å². The molecule has 9 heteroatoms. The van der Waals surface area contributed by atoms with Crippen LogP contribution < -0.4 is 11.4 Å². The van der Waals surface area contributed by atoms with E-state index in [0.717, 1.165) is 4.57 Å². The van der Waals surface area contributed by atoms with Crippen molar-refractivity contribution >= 4 is 35.4 Å². The molecular formula is C9H14N3NaO5. The number of aliphatic hydroxyl groups is 3. The molecule has 0 amide bonds. The summed E-state index contributed by atoms with van der Waals surface area (Å²) in [5.41, 5.74) is 4.63. The summed E-state index contributed by atoms with van der Waals surface area (Å²) < 4.78 is 6.19. The van der Waals surface area contributed by atoms with E-state index in [2.05, 4.69) is 4.98 Å². The molecule has 2 heterocycles. The minimum atomic E-state index is -1.31. The molecule has 0 saturated carbocycles. The third-order valence-corrected chi connectivity index (χ3v) is 2.64. The Labute approximate surface area is 124 Å². The van der Waals surface area contributed by atoms with Crippen LogP contribution in [0, 0.1) is 0 Å². The number of aromatic nitrogens is 2. The van der Waals surface area contributed by atoms with Gasteiger partial charge in [0.25, 0.3) is 0 Å². The summed E-state index contributed by atoms with van der Waals surface area (Å²) in [6, 6.07) is 1.37. The first-order valence-corrected chi connectivity index (χ1v) is 5.01. The van der Waals surface area contributed by atoms with Crippen LogP contribution in [0.15, 0.2) is 17.1 Å². The van der Waals surface area contributed by atoms with Crippen LogP contribution in [-0.2, 0) is 4.74 Å². The first kappa shape index (κ1) is 15.6. The van der Waals surface area contributed by atoms with Crippen molar-refractivity contribution in [2.24, 2.45) is 0 Å². The van der Waals surface area contributed by atoms with Crippen molar-refractivity contribution in [3.05, 3.63) is 22.7 Å². The van der Waals surface area contributed by atoms with Gasteiger partial charge in [0.05, 0.1) is 6.61 Å². The number of aliphatic hydroxyl groups excluding tert-OH is 3. The fraction of sp³-hybridized carbons (Fsp3) is 0.556. The molecule has 18 heavy (non-hydrogen) atoms. The van der Waals surface area contributed by atoms with Crippen LogP contribution in [0.25, 0.3) is 0 Å². The number of anilines is 1.